The van der Waals surface area contributed by atoms with Gasteiger partial charge < -0.3 is 15.5 Å². The molecular formula is C22H26ClN3O2. The van der Waals surface area contributed by atoms with Crippen molar-refractivity contribution in [3.8, 4) is 0 Å². The van der Waals surface area contributed by atoms with Gasteiger partial charge in [0, 0.05) is 34.5 Å². The number of halogens is 1. The third-order valence-corrected chi connectivity index (χ3v) is 5.05. The maximum atomic E-state index is 12.6. The van der Waals surface area contributed by atoms with Crippen molar-refractivity contribution < 1.29 is 9.59 Å². The van der Waals surface area contributed by atoms with E-state index in [1.165, 1.54) is 0 Å². The highest BCUT2D eigenvalue weighted by Gasteiger charge is 2.24. The maximum Gasteiger partial charge on any atom is 0.251 e. The first-order valence-electron chi connectivity index (χ1n) is 9.59. The molecule has 0 aromatic heterocycles. The lowest BCUT2D eigenvalue weighted by Gasteiger charge is -2.32. The molecule has 0 spiro atoms. The van der Waals surface area contributed by atoms with Crippen LogP contribution in [0.5, 0.6) is 0 Å². The van der Waals surface area contributed by atoms with E-state index in [9.17, 15) is 9.59 Å². The molecule has 0 unspecified atom stereocenters. The molecule has 2 aromatic rings. The van der Waals surface area contributed by atoms with Crippen LogP contribution >= 0.6 is 11.6 Å². The first kappa shape index (κ1) is 20.2. The lowest BCUT2D eigenvalue weighted by molar-refractivity contribution is -0.115. The van der Waals surface area contributed by atoms with E-state index in [-0.39, 0.29) is 24.4 Å². The summed E-state index contributed by atoms with van der Waals surface area (Å²) in [6, 6.07) is 11.2. The SMILES string of the molecule is Cc1ccc(Cl)cc1NC(=O)CN1CCCc2c(C(=O)NC(C)C)cccc21. The van der Waals surface area contributed by atoms with E-state index >= 15 is 0 Å². The average molecular weight is 400 g/mol. The number of benzene rings is 2. The van der Waals surface area contributed by atoms with Crippen molar-refractivity contribution in [3.63, 3.8) is 0 Å². The van der Waals surface area contributed by atoms with E-state index in [1.807, 2.05) is 49.9 Å². The van der Waals surface area contributed by atoms with E-state index in [0.29, 0.717) is 10.6 Å². The van der Waals surface area contributed by atoms with Gasteiger partial charge in [-0.2, -0.15) is 0 Å². The highest BCUT2D eigenvalue weighted by molar-refractivity contribution is 6.31. The third kappa shape index (κ3) is 4.65. The van der Waals surface area contributed by atoms with Gasteiger partial charge in [0.05, 0.1) is 6.54 Å². The van der Waals surface area contributed by atoms with Crippen LogP contribution in [0, 0.1) is 6.92 Å². The number of anilines is 2. The molecule has 28 heavy (non-hydrogen) atoms. The second kappa shape index (κ2) is 8.65. The van der Waals surface area contributed by atoms with Gasteiger partial charge in [0.2, 0.25) is 5.91 Å². The average Bonchev–Trinajstić information content (AvgIpc) is 2.64. The summed E-state index contributed by atoms with van der Waals surface area (Å²) < 4.78 is 0. The van der Waals surface area contributed by atoms with Crippen LogP contribution in [0.4, 0.5) is 11.4 Å². The van der Waals surface area contributed by atoms with Gasteiger partial charge in [-0.3, -0.25) is 9.59 Å². The van der Waals surface area contributed by atoms with Crippen LogP contribution in [0.25, 0.3) is 0 Å². The molecule has 0 saturated carbocycles. The zero-order valence-electron chi connectivity index (χ0n) is 16.5. The molecule has 2 amide bonds. The van der Waals surface area contributed by atoms with Gasteiger partial charge in [0.15, 0.2) is 0 Å². The zero-order valence-corrected chi connectivity index (χ0v) is 17.3. The standard InChI is InChI=1S/C22H26ClN3O2/c1-14(2)24-22(28)18-6-4-8-20-17(18)7-5-11-26(20)13-21(27)25-19-12-16(23)10-9-15(19)3/h4,6,8-10,12,14H,5,7,11,13H2,1-3H3,(H,24,28)(H,25,27). The molecule has 5 nitrogen and oxygen atoms in total. The number of rotatable bonds is 5. The Morgan fingerprint density at radius 3 is 2.75 bits per heavy atom. The summed E-state index contributed by atoms with van der Waals surface area (Å²) in [7, 11) is 0. The molecule has 2 aromatic carbocycles. The molecule has 6 heteroatoms. The minimum Gasteiger partial charge on any atom is -0.362 e. The Hall–Kier alpha value is -2.53. The van der Waals surface area contributed by atoms with E-state index in [1.54, 1.807) is 12.1 Å². The Labute approximate surface area is 171 Å². The number of hydrogen-bond acceptors (Lipinski definition) is 3. The zero-order chi connectivity index (χ0) is 20.3. The number of carbonyl (C=O) groups excluding carboxylic acids is 2. The Morgan fingerprint density at radius 1 is 1.21 bits per heavy atom. The van der Waals surface area contributed by atoms with Gasteiger partial charge in [-0.05, 0) is 69.0 Å². The Balaban J connectivity index is 1.78. The minimum absolute atomic E-state index is 0.0623. The number of nitrogens with zero attached hydrogens (tertiary/aromatic N) is 1. The molecule has 2 N–H and O–H groups in total. The molecule has 0 bridgehead atoms. The minimum atomic E-state index is -0.102. The van der Waals surface area contributed by atoms with Crippen LogP contribution in [0.1, 0.15) is 41.8 Å². The second-order valence-electron chi connectivity index (χ2n) is 7.46. The summed E-state index contributed by atoms with van der Waals surface area (Å²) in [6.07, 6.45) is 1.74. The fourth-order valence-electron chi connectivity index (χ4n) is 3.51. The maximum absolute atomic E-state index is 12.6. The van der Waals surface area contributed by atoms with Gasteiger partial charge in [-0.15, -0.1) is 0 Å². The second-order valence-corrected chi connectivity index (χ2v) is 7.90. The van der Waals surface area contributed by atoms with Crippen LogP contribution in [0.2, 0.25) is 5.02 Å². The molecule has 1 aliphatic rings. The van der Waals surface area contributed by atoms with Crippen LogP contribution in [-0.4, -0.2) is 30.9 Å². The first-order valence-corrected chi connectivity index (χ1v) is 9.96. The molecule has 1 aliphatic heterocycles. The van der Waals surface area contributed by atoms with Crippen LogP contribution in [0.3, 0.4) is 0 Å². The smallest absolute Gasteiger partial charge is 0.251 e. The predicted octanol–water partition coefficient (Wildman–Crippen LogP) is 4.18. The third-order valence-electron chi connectivity index (χ3n) is 4.82. The van der Waals surface area contributed by atoms with Crippen molar-refractivity contribution >= 4 is 34.8 Å². The van der Waals surface area contributed by atoms with Gasteiger partial charge in [-0.25, -0.2) is 0 Å². The molecule has 3 rings (SSSR count). The molecule has 148 valence electrons. The number of nitrogens with one attached hydrogen (secondary N) is 2. The van der Waals surface area contributed by atoms with E-state index in [2.05, 4.69) is 10.6 Å². The van der Waals surface area contributed by atoms with Crippen LogP contribution in [-0.2, 0) is 11.2 Å². The van der Waals surface area contributed by atoms with E-state index in [0.717, 1.165) is 41.9 Å². The van der Waals surface area contributed by atoms with Crippen molar-refractivity contribution in [1.82, 2.24) is 5.32 Å². The first-order chi connectivity index (χ1) is 13.3. The number of aryl methyl sites for hydroxylation is 1. The molecule has 0 radical (unpaired) electrons. The van der Waals surface area contributed by atoms with Crippen molar-refractivity contribution in [2.45, 2.75) is 39.7 Å². The summed E-state index contributed by atoms with van der Waals surface area (Å²) in [6.45, 7) is 6.84. The summed E-state index contributed by atoms with van der Waals surface area (Å²) >= 11 is 6.04. The summed E-state index contributed by atoms with van der Waals surface area (Å²) in [5, 5.41) is 6.50. The van der Waals surface area contributed by atoms with Crippen molar-refractivity contribution in [3.05, 3.63) is 58.1 Å². The number of fused-ring (bicyclic) bond motifs is 1. The number of carbonyl (C=O) groups is 2. The molecule has 0 atom stereocenters. The normalized spacial score (nSPS) is 13.2. The summed E-state index contributed by atoms with van der Waals surface area (Å²) in [5.74, 6) is -0.164. The molecule has 0 fully saturated rings. The van der Waals surface area contributed by atoms with Gasteiger partial charge >= 0.3 is 0 Å². The fourth-order valence-corrected chi connectivity index (χ4v) is 3.68. The predicted molar refractivity (Wildman–Crippen MR) is 114 cm³/mol. The number of amides is 2. The Morgan fingerprint density at radius 2 is 2.00 bits per heavy atom. The highest BCUT2D eigenvalue weighted by Crippen LogP contribution is 2.30. The largest absolute Gasteiger partial charge is 0.362 e. The summed E-state index contributed by atoms with van der Waals surface area (Å²) in [5.41, 5.74) is 4.35. The topological polar surface area (TPSA) is 61.4 Å². The summed E-state index contributed by atoms with van der Waals surface area (Å²) in [4.78, 5) is 27.2. The molecule has 0 saturated heterocycles. The lowest BCUT2D eigenvalue weighted by atomic mass is 9.95. The monoisotopic (exact) mass is 399 g/mol. The Kier molecular flexibility index (Phi) is 6.25. The van der Waals surface area contributed by atoms with Crippen molar-refractivity contribution in [2.24, 2.45) is 0 Å². The van der Waals surface area contributed by atoms with E-state index < -0.39 is 0 Å². The van der Waals surface area contributed by atoms with Gasteiger partial charge in [0.25, 0.3) is 5.91 Å². The quantitative estimate of drug-likeness (QED) is 0.792. The van der Waals surface area contributed by atoms with Crippen LogP contribution < -0.4 is 15.5 Å². The Bertz CT molecular complexity index is 895. The lowest BCUT2D eigenvalue weighted by Crippen LogP contribution is -2.38. The van der Waals surface area contributed by atoms with Gasteiger partial charge in [0.1, 0.15) is 0 Å². The van der Waals surface area contributed by atoms with Crippen molar-refractivity contribution in [1.29, 1.82) is 0 Å². The molecule has 1 heterocycles. The van der Waals surface area contributed by atoms with Gasteiger partial charge in [-0.1, -0.05) is 23.7 Å². The molecule has 0 aliphatic carbocycles. The fraction of sp³-hybridized carbons (Fsp3) is 0.364. The van der Waals surface area contributed by atoms with Crippen LogP contribution in [0.15, 0.2) is 36.4 Å². The number of hydrogen-bond donors (Lipinski definition) is 2. The molecular weight excluding hydrogens is 374 g/mol. The highest BCUT2D eigenvalue weighted by atomic mass is 35.5. The van der Waals surface area contributed by atoms with Crippen molar-refractivity contribution in [2.75, 3.05) is 23.3 Å². The van der Waals surface area contributed by atoms with E-state index in [4.69, 9.17) is 11.6 Å².